The number of aromatic nitrogens is 1. The Morgan fingerprint density at radius 3 is 2.50 bits per heavy atom. The van der Waals surface area contributed by atoms with Gasteiger partial charge in [0.25, 0.3) is 0 Å². The van der Waals surface area contributed by atoms with Crippen molar-refractivity contribution in [1.82, 2.24) is 4.98 Å². The largest absolute Gasteiger partial charge is 0.383 e. The van der Waals surface area contributed by atoms with E-state index < -0.39 is 0 Å². The molecule has 0 amide bonds. The van der Waals surface area contributed by atoms with E-state index >= 15 is 0 Å². The molecule has 2 heterocycles. The first-order valence-corrected chi connectivity index (χ1v) is 7.75. The summed E-state index contributed by atoms with van der Waals surface area (Å²) >= 11 is 1.65. The van der Waals surface area contributed by atoms with Crippen LogP contribution in [0.5, 0.6) is 0 Å². The summed E-state index contributed by atoms with van der Waals surface area (Å²) < 4.78 is 0. The van der Waals surface area contributed by atoms with Gasteiger partial charge in [0, 0.05) is 20.9 Å². The van der Waals surface area contributed by atoms with Gasteiger partial charge in [-0.2, -0.15) is 5.26 Å². The third-order valence-corrected chi connectivity index (χ3v) is 4.62. The van der Waals surface area contributed by atoms with Gasteiger partial charge in [-0.25, -0.2) is 4.98 Å². The zero-order chi connectivity index (χ0) is 15.7. The van der Waals surface area contributed by atoms with Crippen LogP contribution in [0.2, 0.25) is 0 Å². The Labute approximate surface area is 133 Å². The lowest BCUT2D eigenvalue weighted by atomic mass is 10.0. The molecule has 0 atom stereocenters. The number of hydrogen-bond acceptors (Lipinski definition) is 4. The number of aryl methyl sites for hydroxylation is 2. The topological polar surface area (TPSA) is 62.7 Å². The summed E-state index contributed by atoms with van der Waals surface area (Å²) in [4.78, 5) is 6.67. The molecule has 0 saturated carbocycles. The molecular weight excluding hydrogens is 290 g/mol. The zero-order valence-corrected chi connectivity index (χ0v) is 13.2. The number of nitriles is 1. The van der Waals surface area contributed by atoms with E-state index in [0.29, 0.717) is 5.56 Å². The Morgan fingerprint density at radius 1 is 1.09 bits per heavy atom. The zero-order valence-electron chi connectivity index (χ0n) is 12.4. The summed E-state index contributed by atoms with van der Waals surface area (Å²) in [6.07, 6.45) is 0. The number of anilines is 1. The van der Waals surface area contributed by atoms with E-state index in [1.165, 1.54) is 4.88 Å². The van der Waals surface area contributed by atoms with E-state index in [0.717, 1.165) is 27.3 Å². The number of pyridine rings is 1. The van der Waals surface area contributed by atoms with Gasteiger partial charge in [-0.3, -0.25) is 0 Å². The highest BCUT2D eigenvalue weighted by atomic mass is 32.1. The Hall–Kier alpha value is -2.64. The third-order valence-electron chi connectivity index (χ3n) is 3.59. The fourth-order valence-electron chi connectivity index (χ4n) is 2.45. The summed E-state index contributed by atoms with van der Waals surface area (Å²) in [6.45, 7) is 4.09. The maximum Gasteiger partial charge on any atom is 0.142 e. The van der Waals surface area contributed by atoms with E-state index in [1.54, 1.807) is 11.3 Å². The predicted octanol–water partition coefficient (Wildman–Crippen LogP) is 4.55. The SMILES string of the molecule is Cc1ccc(-c2cc(-c3ccccc3C)nc(N)c2C#N)s1. The molecule has 3 rings (SSSR count). The van der Waals surface area contributed by atoms with Gasteiger partial charge in [-0.05, 0) is 37.6 Å². The lowest BCUT2D eigenvalue weighted by Crippen LogP contribution is -1.99. The second-order valence-corrected chi connectivity index (χ2v) is 6.44. The van der Waals surface area contributed by atoms with Crippen molar-refractivity contribution in [2.75, 3.05) is 5.73 Å². The summed E-state index contributed by atoms with van der Waals surface area (Å²) in [7, 11) is 0. The second-order valence-electron chi connectivity index (χ2n) is 5.15. The number of rotatable bonds is 2. The molecule has 0 unspecified atom stereocenters. The molecule has 0 radical (unpaired) electrons. The van der Waals surface area contributed by atoms with Gasteiger partial charge >= 0.3 is 0 Å². The molecule has 0 spiro atoms. The average Bonchev–Trinajstić information content (AvgIpc) is 2.93. The predicted molar refractivity (Wildman–Crippen MR) is 91.6 cm³/mol. The van der Waals surface area contributed by atoms with Crippen molar-refractivity contribution in [3.05, 3.63) is 58.5 Å². The van der Waals surface area contributed by atoms with E-state index in [9.17, 15) is 5.26 Å². The van der Waals surface area contributed by atoms with Gasteiger partial charge in [0.2, 0.25) is 0 Å². The van der Waals surface area contributed by atoms with E-state index in [-0.39, 0.29) is 5.82 Å². The average molecular weight is 305 g/mol. The molecule has 3 nitrogen and oxygen atoms in total. The lowest BCUT2D eigenvalue weighted by Gasteiger charge is -2.10. The summed E-state index contributed by atoms with van der Waals surface area (Å²) in [6, 6.07) is 16.3. The molecule has 0 aliphatic rings. The van der Waals surface area contributed by atoms with Crippen LogP contribution >= 0.6 is 11.3 Å². The van der Waals surface area contributed by atoms with Crippen LogP contribution < -0.4 is 5.73 Å². The van der Waals surface area contributed by atoms with Crippen molar-refractivity contribution in [3.8, 4) is 27.8 Å². The van der Waals surface area contributed by atoms with Gasteiger partial charge < -0.3 is 5.73 Å². The van der Waals surface area contributed by atoms with Crippen LogP contribution in [0.3, 0.4) is 0 Å². The highest BCUT2D eigenvalue weighted by Crippen LogP contribution is 2.35. The third kappa shape index (κ3) is 2.47. The molecule has 0 bridgehead atoms. The first-order chi connectivity index (χ1) is 10.6. The summed E-state index contributed by atoms with van der Waals surface area (Å²) in [5.41, 5.74) is 10.3. The fourth-order valence-corrected chi connectivity index (χ4v) is 3.34. The molecule has 0 aliphatic heterocycles. The highest BCUT2D eigenvalue weighted by Gasteiger charge is 2.15. The first kappa shape index (κ1) is 14.3. The lowest BCUT2D eigenvalue weighted by molar-refractivity contribution is 1.30. The molecule has 2 N–H and O–H groups in total. The number of nitrogens with zero attached hydrogens (tertiary/aromatic N) is 2. The number of benzene rings is 1. The van der Waals surface area contributed by atoms with Crippen molar-refractivity contribution in [2.24, 2.45) is 0 Å². The molecule has 2 aromatic heterocycles. The van der Waals surface area contributed by atoms with E-state index in [2.05, 4.69) is 11.1 Å². The minimum Gasteiger partial charge on any atom is -0.383 e. The van der Waals surface area contributed by atoms with Crippen LogP contribution in [0.1, 0.15) is 16.0 Å². The molecule has 22 heavy (non-hydrogen) atoms. The van der Waals surface area contributed by atoms with Gasteiger partial charge in [0.05, 0.1) is 5.69 Å². The molecule has 1 aromatic carbocycles. The maximum atomic E-state index is 9.42. The molecular formula is C18H15N3S. The Balaban J connectivity index is 2.26. The standard InChI is InChI=1S/C18H15N3S/c1-11-5-3-4-6-13(11)16-9-14(15(10-19)18(20)21-16)17-8-7-12(2)22-17/h3-9H,1-2H3,(H2,20,21). The number of thiophene rings is 1. The van der Waals surface area contributed by atoms with Crippen LogP contribution in [-0.4, -0.2) is 4.98 Å². The smallest absolute Gasteiger partial charge is 0.142 e. The van der Waals surface area contributed by atoms with Crippen molar-refractivity contribution < 1.29 is 0 Å². The van der Waals surface area contributed by atoms with Gasteiger partial charge in [0.1, 0.15) is 17.5 Å². The number of hydrogen-bond donors (Lipinski definition) is 1. The van der Waals surface area contributed by atoms with Crippen molar-refractivity contribution in [3.63, 3.8) is 0 Å². The Morgan fingerprint density at radius 2 is 1.86 bits per heavy atom. The van der Waals surface area contributed by atoms with E-state index in [4.69, 9.17) is 5.73 Å². The monoisotopic (exact) mass is 305 g/mol. The molecule has 108 valence electrons. The van der Waals surface area contributed by atoms with E-state index in [1.807, 2.05) is 56.3 Å². The van der Waals surface area contributed by atoms with Crippen molar-refractivity contribution in [2.45, 2.75) is 13.8 Å². The normalized spacial score (nSPS) is 10.4. The minimum atomic E-state index is 0.282. The first-order valence-electron chi connectivity index (χ1n) is 6.93. The molecule has 0 saturated heterocycles. The number of nitrogen functional groups attached to an aromatic ring is 1. The summed E-state index contributed by atoms with van der Waals surface area (Å²) in [5.74, 6) is 0.282. The van der Waals surface area contributed by atoms with Crippen LogP contribution in [-0.2, 0) is 0 Å². The van der Waals surface area contributed by atoms with Gasteiger partial charge in [-0.15, -0.1) is 11.3 Å². The quantitative estimate of drug-likeness (QED) is 0.755. The van der Waals surface area contributed by atoms with Gasteiger partial charge in [-0.1, -0.05) is 24.3 Å². The van der Waals surface area contributed by atoms with Crippen LogP contribution in [0.25, 0.3) is 21.7 Å². The Bertz CT molecular complexity index is 888. The molecule has 0 fully saturated rings. The van der Waals surface area contributed by atoms with Crippen molar-refractivity contribution >= 4 is 17.2 Å². The number of nitrogens with two attached hydrogens (primary N) is 1. The van der Waals surface area contributed by atoms with Gasteiger partial charge in [0.15, 0.2) is 0 Å². The second kappa shape index (κ2) is 5.63. The fraction of sp³-hybridized carbons (Fsp3) is 0.111. The van der Waals surface area contributed by atoms with Crippen LogP contribution in [0.15, 0.2) is 42.5 Å². The molecule has 3 aromatic rings. The molecule has 4 heteroatoms. The van der Waals surface area contributed by atoms with Crippen molar-refractivity contribution in [1.29, 1.82) is 5.26 Å². The minimum absolute atomic E-state index is 0.282. The van der Waals surface area contributed by atoms with Crippen LogP contribution in [0, 0.1) is 25.2 Å². The summed E-state index contributed by atoms with van der Waals surface area (Å²) in [5, 5.41) is 9.42. The molecule has 0 aliphatic carbocycles. The Kier molecular flexibility index (Phi) is 3.66. The maximum absolute atomic E-state index is 9.42. The highest BCUT2D eigenvalue weighted by molar-refractivity contribution is 7.15. The van der Waals surface area contributed by atoms with Crippen LogP contribution in [0.4, 0.5) is 5.82 Å².